The van der Waals surface area contributed by atoms with Crippen molar-refractivity contribution in [1.29, 1.82) is 0 Å². The summed E-state index contributed by atoms with van der Waals surface area (Å²) in [6, 6.07) is 34.1. The van der Waals surface area contributed by atoms with E-state index in [0.717, 1.165) is 49.5 Å². The SMILES string of the molecule is Cc1cccc(OCCCCn2c(Cc3ccc(-c4ccccc4)cc3)nc3ccccc32)c1C. The van der Waals surface area contributed by atoms with E-state index >= 15 is 0 Å². The Hall–Kier alpha value is -3.85. The summed E-state index contributed by atoms with van der Waals surface area (Å²) in [5.41, 5.74) is 8.54. The zero-order chi connectivity index (χ0) is 24.0. The summed E-state index contributed by atoms with van der Waals surface area (Å²) in [6.45, 7) is 5.92. The second kappa shape index (κ2) is 10.6. The van der Waals surface area contributed by atoms with Gasteiger partial charge in [0.05, 0.1) is 17.6 Å². The van der Waals surface area contributed by atoms with Gasteiger partial charge in [-0.1, -0.05) is 78.9 Å². The van der Waals surface area contributed by atoms with Crippen molar-refractivity contribution in [2.75, 3.05) is 6.61 Å². The van der Waals surface area contributed by atoms with Gasteiger partial charge in [-0.05, 0) is 72.7 Å². The molecule has 0 saturated heterocycles. The number of unbranched alkanes of at least 4 members (excludes halogenated alkanes) is 1. The highest BCUT2D eigenvalue weighted by Crippen LogP contribution is 2.24. The fraction of sp³-hybridized carbons (Fsp3) is 0.219. The van der Waals surface area contributed by atoms with Gasteiger partial charge in [-0.25, -0.2) is 4.98 Å². The molecule has 0 atom stereocenters. The Kier molecular flexibility index (Phi) is 6.94. The van der Waals surface area contributed by atoms with Crippen LogP contribution in [0.3, 0.4) is 0 Å². The van der Waals surface area contributed by atoms with Crippen LogP contribution in [0.5, 0.6) is 5.75 Å². The Bertz CT molecular complexity index is 1400. The van der Waals surface area contributed by atoms with Gasteiger partial charge < -0.3 is 9.30 Å². The number of ether oxygens (including phenoxy) is 1. The summed E-state index contributed by atoms with van der Waals surface area (Å²) < 4.78 is 8.46. The highest BCUT2D eigenvalue weighted by molar-refractivity contribution is 5.76. The lowest BCUT2D eigenvalue weighted by atomic mass is 10.0. The molecule has 0 aliphatic carbocycles. The first-order chi connectivity index (χ1) is 17.2. The minimum absolute atomic E-state index is 0.729. The number of benzene rings is 4. The summed E-state index contributed by atoms with van der Waals surface area (Å²) in [5, 5.41) is 0. The van der Waals surface area contributed by atoms with Gasteiger partial charge in [-0.15, -0.1) is 0 Å². The highest BCUT2D eigenvalue weighted by Gasteiger charge is 2.11. The van der Waals surface area contributed by atoms with Crippen molar-refractivity contribution in [2.24, 2.45) is 0 Å². The minimum atomic E-state index is 0.729. The van der Waals surface area contributed by atoms with Crippen molar-refractivity contribution in [3.8, 4) is 16.9 Å². The van der Waals surface area contributed by atoms with Crippen LogP contribution in [0, 0.1) is 13.8 Å². The standard InChI is InChI=1S/C32H32N2O/c1-24-11-10-16-31(25(24)2)35-22-9-8-21-34-30-15-7-6-14-29(30)33-32(34)23-26-17-19-28(20-18-26)27-12-4-3-5-13-27/h3-7,10-20H,8-9,21-23H2,1-2H3. The van der Waals surface area contributed by atoms with Crippen LogP contribution in [-0.2, 0) is 13.0 Å². The van der Waals surface area contributed by atoms with Crippen LogP contribution in [0.25, 0.3) is 22.2 Å². The summed E-state index contributed by atoms with van der Waals surface area (Å²) in [6.07, 6.45) is 2.87. The monoisotopic (exact) mass is 460 g/mol. The van der Waals surface area contributed by atoms with Crippen LogP contribution in [-0.4, -0.2) is 16.2 Å². The number of hydrogen-bond acceptors (Lipinski definition) is 2. The molecule has 0 aliphatic heterocycles. The molecule has 0 spiro atoms. The van der Waals surface area contributed by atoms with Gasteiger partial charge in [0, 0.05) is 13.0 Å². The van der Waals surface area contributed by atoms with E-state index in [1.54, 1.807) is 0 Å². The molecular formula is C32H32N2O. The molecule has 3 nitrogen and oxygen atoms in total. The molecule has 0 unspecified atom stereocenters. The molecule has 35 heavy (non-hydrogen) atoms. The van der Waals surface area contributed by atoms with E-state index in [4.69, 9.17) is 9.72 Å². The molecule has 4 aromatic carbocycles. The van der Waals surface area contributed by atoms with E-state index in [2.05, 4.69) is 115 Å². The number of aromatic nitrogens is 2. The number of imidazole rings is 1. The predicted octanol–water partition coefficient (Wildman–Crippen LogP) is 7.77. The number of fused-ring (bicyclic) bond motifs is 1. The van der Waals surface area contributed by atoms with Gasteiger partial charge in [0.25, 0.3) is 0 Å². The maximum atomic E-state index is 6.07. The van der Waals surface area contributed by atoms with E-state index in [9.17, 15) is 0 Å². The molecule has 3 heteroatoms. The van der Waals surface area contributed by atoms with Gasteiger partial charge in [0.15, 0.2) is 0 Å². The molecule has 5 rings (SSSR count). The van der Waals surface area contributed by atoms with Crippen molar-refractivity contribution in [3.63, 3.8) is 0 Å². The molecule has 0 aliphatic rings. The summed E-state index contributed by atoms with van der Waals surface area (Å²) in [4.78, 5) is 4.99. The largest absolute Gasteiger partial charge is 0.493 e. The van der Waals surface area contributed by atoms with E-state index in [1.807, 2.05) is 0 Å². The third-order valence-electron chi connectivity index (χ3n) is 6.75. The molecule has 0 N–H and O–H groups in total. The Labute approximate surface area is 208 Å². The fourth-order valence-electron chi connectivity index (χ4n) is 4.57. The minimum Gasteiger partial charge on any atom is -0.493 e. The first-order valence-corrected chi connectivity index (χ1v) is 12.5. The zero-order valence-corrected chi connectivity index (χ0v) is 20.6. The Morgan fingerprint density at radius 3 is 2.29 bits per heavy atom. The summed E-state index contributed by atoms with van der Waals surface area (Å²) in [5.74, 6) is 2.12. The zero-order valence-electron chi connectivity index (χ0n) is 20.6. The Morgan fingerprint density at radius 1 is 0.714 bits per heavy atom. The van der Waals surface area contributed by atoms with Crippen LogP contribution in [0.2, 0.25) is 0 Å². The lowest BCUT2D eigenvalue weighted by molar-refractivity contribution is 0.301. The molecule has 0 bridgehead atoms. The highest BCUT2D eigenvalue weighted by atomic mass is 16.5. The topological polar surface area (TPSA) is 27.1 Å². The molecule has 5 aromatic rings. The molecule has 0 fully saturated rings. The quantitative estimate of drug-likeness (QED) is 0.210. The number of para-hydroxylation sites is 2. The molecule has 1 aromatic heterocycles. The van der Waals surface area contributed by atoms with Crippen molar-refractivity contribution in [3.05, 3.63) is 120 Å². The van der Waals surface area contributed by atoms with Gasteiger partial charge in [-0.3, -0.25) is 0 Å². The fourth-order valence-corrected chi connectivity index (χ4v) is 4.57. The second-order valence-electron chi connectivity index (χ2n) is 9.16. The smallest absolute Gasteiger partial charge is 0.122 e. The number of rotatable bonds is 9. The Balaban J connectivity index is 1.26. The molecule has 1 heterocycles. The van der Waals surface area contributed by atoms with Crippen LogP contribution in [0.1, 0.15) is 35.4 Å². The van der Waals surface area contributed by atoms with Gasteiger partial charge in [0.1, 0.15) is 11.6 Å². The Morgan fingerprint density at radius 2 is 1.46 bits per heavy atom. The maximum Gasteiger partial charge on any atom is 0.122 e. The van der Waals surface area contributed by atoms with Crippen molar-refractivity contribution in [1.82, 2.24) is 9.55 Å². The first-order valence-electron chi connectivity index (χ1n) is 12.5. The second-order valence-corrected chi connectivity index (χ2v) is 9.16. The first kappa shape index (κ1) is 22.9. The molecule has 0 saturated carbocycles. The van der Waals surface area contributed by atoms with Gasteiger partial charge >= 0.3 is 0 Å². The van der Waals surface area contributed by atoms with E-state index in [1.165, 1.54) is 33.3 Å². The molecule has 0 radical (unpaired) electrons. The van der Waals surface area contributed by atoms with Crippen LogP contribution in [0.15, 0.2) is 97.1 Å². The van der Waals surface area contributed by atoms with E-state index in [-0.39, 0.29) is 0 Å². The normalized spacial score (nSPS) is 11.1. The van der Waals surface area contributed by atoms with Gasteiger partial charge in [0.2, 0.25) is 0 Å². The third-order valence-corrected chi connectivity index (χ3v) is 6.75. The van der Waals surface area contributed by atoms with E-state index in [0.29, 0.717) is 0 Å². The number of nitrogens with zero attached hydrogens (tertiary/aromatic N) is 2. The molecular weight excluding hydrogens is 428 g/mol. The molecule has 0 amide bonds. The van der Waals surface area contributed by atoms with Crippen molar-refractivity contribution in [2.45, 2.75) is 39.7 Å². The number of aryl methyl sites for hydroxylation is 2. The average Bonchev–Trinajstić information content (AvgIpc) is 3.24. The van der Waals surface area contributed by atoms with E-state index < -0.39 is 0 Å². The predicted molar refractivity (Wildman–Crippen MR) is 145 cm³/mol. The number of hydrogen-bond donors (Lipinski definition) is 0. The summed E-state index contributed by atoms with van der Waals surface area (Å²) >= 11 is 0. The summed E-state index contributed by atoms with van der Waals surface area (Å²) in [7, 11) is 0. The lowest BCUT2D eigenvalue weighted by Crippen LogP contribution is -2.07. The lowest BCUT2D eigenvalue weighted by Gasteiger charge is -2.12. The van der Waals surface area contributed by atoms with Crippen LogP contribution < -0.4 is 4.74 Å². The van der Waals surface area contributed by atoms with Gasteiger partial charge in [-0.2, -0.15) is 0 Å². The van der Waals surface area contributed by atoms with Crippen molar-refractivity contribution < 1.29 is 4.74 Å². The van der Waals surface area contributed by atoms with Crippen LogP contribution in [0.4, 0.5) is 0 Å². The van der Waals surface area contributed by atoms with Crippen molar-refractivity contribution >= 4 is 11.0 Å². The molecule has 176 valence electrons. The third kappa shape index (κ3) is 5.30. The average molecular weight is 461 g/mol. The van der Waals surface area contributed by atoms with Crippen LogP contribution >= 0.6 is 0 Å². The maximum absolute atomic E-state index is 6.07.